The monoisotopic (exact) mass is 296 g/mol. The Balaban J connectivity index is 1.79. The third-order valence-electron chi connectivity index (χ3n) is 3.96. The molecule has 0 bridgehead atoms. The smallest absolute Gasteiger partial charge is 0.225 e. The summed E-state index contributed by atoms with van der Waals surface area (Å²) in [5, 5.41) is 6.30. The molecule has 5 heteroatoms. The maximum atomic E-state index is 4.70. The Morgan fingerprint density at radius 1 is 1.14 bits per heavy atom. The molecule has 106 valence electrons. The van der Waals surface area contributed by atoms with Crippen LogP contribution < -0.4 is 10.2 Å². The summed E-state index contributed by atoms with van der Waals surface area (Å²) in [4.78, 5) is 12.6. The van der Waals surface area contributed by atoms with Gasteiger partial charge in [0.05, 0.1) is 5.39 Å². The molecule has 0 saturated heterocycles. The highest BCUT2D eigenvalue weighted by molar-refractivity contribution is 7.16. The van der Waals surface area contributed by atoms with Gasteiger partial charge in [0.15, 0.2) is 0 Å². The fourth-order valence-corrected chi connectivity index (χ4v) is 3.63. The predicted molar refractivity (Wildman–Crippen MR) is 88.2 cm³/mol. The number of nitrogens with zero attached hydrogens (tertiary/aromatic N) is 3. The number of thiophene rings is 1. The highest BCUT2D eigenvalue weighted by Crippen LogP contribution is 2.32. The van der Waals surface area contributed by atoms with Crippen LogP contribution in [0, 0.1) is 0 Å². The maximum Gasteiger partial charge on any atom is 0.225 e. The van der Waals surface area contributed by atoms with Crippen LogP contribution in [0.2, 0.25) is 0 Å². The van der Waals surface area contributed by atoms with Crippen LogP contribution in [0.15, 0.2) is 35.7 Å². The second-order valence-corrected chi connectivity index (χ2v) is 6.10. The Labute approximate surface area is 127 Å². The first-order chi connectivity index (χ1) is 10.3. The van der Waals surface area contributed by atoms with E-state index < -0.39 is 0 Å². The van der Waals surface area contributed by atoms with E-state index >= 15 is 0 Å². The minimum atomic E-state index is 0.693. The molecule has 4 rings (SSSR count). The quantitative estimate of drug-likeness (QED) is 0.788. The average molecular weight is 296 g/mol. The Kier molecular flexibility index (Phi) is 3.00. The fourth-order valence-electron chi connectivity index (χ4n) is 2.87. The van der Waals surface area contributed by atoms with Crippen molar-refractivity contribution in [3.63, 3.8) is 0 Å². The van der Waals surface area contributed by atoms with Gasteiger partial charge in [-0.25, -0.2) is 4.98 Å². The molecule has 3 heterocycles. The number of benzene rings is 1. The number of anilines is 2. The average Bonchev–Trinajstić information content (AvgIpc) is 3.01. The molecule has 4 nitrogen and oxygen atoms in total. The van der Waals surface area contributed by atoms with Crippen LogP contribution >= 0.6 is 11.3 Å². The van der Waals surface area contributed by atoms with E-state index in [9.17, 15) is 0 Å². The molecule has 21 heavy (non-hydrogen) atoms. The third kappa shape index (κ3) is 2.14. The van der Waals surface area contributed by atoms with Crippen LogP contribution in [0.1, 0.15) is 11.1 Å². The predicted octanol–water partition coefficient (Wildman–Crippen LogP) is 3.30. The molecule has 1 N–H and O–H groups in total. The van der Waals surface area contributed by atoms with Gasteiger partial charge < -0.3 is 10.2 Å². The molecular formula is C16H16N4S. The van der Waals surface area contributed by atoms with E-state index in [1.54, 1.807) is 11.3 Å². The zero-order chi connectivity index (χ0) is 14.2. The van der Waals surface area contributed by atoms with Crippen LogP contribution in [0.4, 0.5) is 11.8 Å². The standard InChI is InChI=1S/C16H16N4S/c1-17-16-18-14(13-7-9-21-15(13)19-16)20-8-6-11-4-2-3-5-12(11)10-20/h2-5,7,9H,6,8,10H2,1H3,(H,17,18,19). The number of aromatic nitrogens is 2. The summed E-state index contributed by atoms with van der Waals surface area (Å²) >= 11 is 1.66. The van der Waals surface area contributed by atoms with Gasteiger partial charge in [0.25, 0.3) is 0 Å². The van der Waals surface area contributed by atoms with Crippen LogP contribution in [0.5, 0.6) is 0 Å². The fraction of sp³-hybridized carbons (Fsp3) is 0.250. The SMILES string of the molecule is CNc1nc(N2CCc3ccccc3C2)c2ccsc2n1. The lowest BCUT2D eigenvalue weighted by Gasteiger charge is -2.30. The summed E-state index contributed by atoms with van der Waals surface area (Å²) in [6, 6.07) is 10.8. The molecule has 1 aliphatic heterocycles. The van der Waals surface area contributed by atoms with E-state index in [1.165, 1.54) is 11.1 Å². The highest BCUT2D eigenvalue weighted by atomic mass is 32.1. The van der Waals surface area contributed by atoms with Gasteiger partial charge >= 0.3 is 0 Å². The molecule has 0 radical (unpaired) electrons. The van der Waals surface area contributed by atoms with Crippen LogP contribution in [0.3, 0.4) is 0 Å². The summed E-state index contributed by atoms with van der Waals surface area (Å²) in [6.07, 6.45) is 1.07. The number of hydrogen-bond donors (Lipinski definition) is 1. The van der Waals surface area contributed by atoms with Gasteiger partial charge in [-0.15, -0.1) is 11.3 Å². The van der Waals surface area contributed by atoms with Crippen molar-refractivity contribution in [3.8, 4) is 0 Å². The van der Waals surface area contributed by atoms with Gasteiger partial charge in [-0.3, -0.25) is 0 Å². The third-order valence-corrected chi connectivity index (χ3v) is 4.77. The van der Waals surface area contributed by atoms with E-state index in [1.807, 2.05) is 7.05 Å². The summed E-state index contributed by atoms with van der Waals surface area (Å²) in [5.41, 5.74) is 2.86. The molecule has 3 aromatic rings. The summed E-state index contributed by atoms with van der Waals surface area (Å²) < 4.78 is 0. The summed E-state index contributed by atoms with van der Waals surface area (Å²) in [6.45, 7) is 1.92. The number of hydrogen-bond acceptors (Lipinski definition) is 5. The molecule has 0 unspecified atom stereocenters. The minimum Gasteiger partial charge on any atom is -0.357 e. The van der Waals surface area contributed by atoms with E-state index in [-0.39, 0.29) is 0 Å². The van der Waals surface area contributed by atoms with Crippen molar-refractivity contribution in [2.45, 2.75) is 13.0 Å². The molecule has 1 aliphatic rings. The van der Waals surface area contributed by atoms with Crippen LogP contribution in [-0.4, -0.2) is 23.6 Å². The van der Waals surface area contributed by atoms with Gasteiger partial charge in [0, 0.05) is 20.1 Å². The molecule has 0 amide bonds. The summed E-state index contributed by atoms with van der Waals surface area (Å²) in [5.74, 6) is 1.74. The van der Waals surface area contributed by atoms with E-state index in [2.05, 4.69) is 50.9 Å². The lowest BCUT2D eigenvalue weighted by Crippen LogP contribution is -2.31. The molecule has 0 fully saturated rings. The van der Waals surface area contributed by atoms with Crippen LogP contribution in [-0.2, 0) is 13.0 Å². The highest BCUT2D eigenvalue weighted by Gasteiger charge is 2.20. The topological polar surface area (TPSA) is 41.1 Å². The zero-order valence-electron chi connectivity index (χ0n) is 11.8. The maximum absolute atomic E-state index is 4.70. The van der Waals surface area contributed by atoms with Crippen molar-refractivity contribution in [2.75, 3.05) is 23.8 Å². The van der Waals surface area contributed by atoms with Crippen LogP contribution in [0.25, 0.3) is 10.2 Å². The number of rotatable bonds is 2. The Bertz CT molecular complexity index is 796. The molecular weight excluding hydrogens is 280 g/mol. The largest absolute Gasteiger partial charge is 0.357 e. The van der Waals surface area contributed by atoms with E-state index in [4.69, 9.17) is 4.98 Å². The van der Waals surface area contributed by atoms with Gasteiger partial charge in [0.2, 0.25) is 5.95 Å². The van der Waals surface area contributed by atoms with Gasteiger partial charge in [-0.2, -0.15) is 4.98 Å². The van der Waals surface area contributed by atoms with E-state index in [0.717, 1.165) is 35.5 Å². The summed E-state index contributed by atoms with van der Waals surface area (Å²) in [7, 11) is 1.87. The zero-order valence-corrected chi connectivity index (χ0v) is 12.7. The van der Waals surface area contributed by atoms with Crippen molar-refractivity contribution < 1.29 is 0 Å². The van der Waals surface area contributed by atoms with Crippen molar-refractivity contribution >= 4 is 33.3 Å². The molecule has 0 aliphatic carbocycles. The molecule has 0 spiro atoms. The number of nitrogens with one attached hydrogen (secondary N) is 1. The molecule has 0 atom stereocenters. The van der Waals surface area contributed by atoms with E-state index in [0.29, 0.717) is 5.95 Å². The van der Waals surface area contributed by atoms with Crippen molar-refractivity contribution in [3.05, 3.63) is 46.8 Å². The Morgan fingerprint density at radius 2 is 2.00 bits per heavy atom. The normalized spacial score (nSPS) is 14.2. The lowest BCUT2D eigenvalue weighted by atomic mass is 10.00. The van der Waals surface area contributed by atoms with Gasteiger partial charge in [-0.1, -0.05) is 24.3 Å². The Hall–Kier alpha value is -2.14. The Morgan fingerprint density at radius 3 is 2.86 bits per heavy atom. The van der Waals surface area contributed by atoms with Gasteiger partial charge in [-0.05, 0) is 29.0 Å². The molecule has 2 aromatic heterocycles. The molecule has 0 saturated carbocycles. The second-order valence-electron chi connectivity index (χ2n) is 5.20. The first kappa shape index (κ1) is 12.6. The number of fused-ring (bicyclic) bond motifs is 2. The lowest BCUT2D eigenvalue weighted by molar-refractivity contribution is 0.724. The van der Waals surface area contributed by atoms with Crippen molar-refractivity contribution in [1.29, 1.82) is 0 Å². The first-order valence-corrected chi connectivity index (χ1v) is 7.98. The second kappa shape index (κ2) is 5.00. The minimum absolute atomic E-state index is 0.693. The first-order valence-electron chi connectivity index (χ1n) is 7.10. The van der Waals surface area contributed by atoms with Crippen molar-refractivity contribution in [2.24, 2.45) is 0 Å². The molecule has 1 aromatic carbocycles. The van der Waals surface area contributed by atoms with Gasteiger partial charge in [0.1, 0.15) is 10.6 Å². The van der Waals surface area contributed by atoms with Crippen molar-refractivity contribution in [1.82, 2.24) is 9.97 Å².